The third kappa shape index (κ3) is 2.48. The Morgan fingerprint density at radius 2 is 1.95 bits per heavy atom. The summed E-state index contributed by atoms with van der Waals surface area (Å²) in [5.74, 6) is 0.931. The number of fused-ring (bicyclic) bond motifs is 1. The van der Waals surface area contributed by atoms with Crippen LogP contribution in [0.25, 0.3) is 22.2 Å². The molecule has 0 unspecified atom stereocenters. The third-order valence-electron chi connectivity index (χ3n) is 3.07. The van der Waals surface area contributed by atoms with Crippen molar-refractivity contribution in [2.45, 2.75) is 6.42 Å². The van der Waals surface area contributed by atoms with Crippen LogP contribution in [0.1, 0.15) is 5.82 Å². The van der Waals surface area contributed by atoms with Gasteiger partial charge in [0.05, 0.1) is 11.0 Å². The highest BCUT2D eigenvalue weighted by Gasteiger charge is 2.05. The number of aromatic amines is 1. The van der Waals surface area contributed by atoms with Crippen LogP contribution in [0.2, 0.25) is 5.02 Å². The summed E-state index contributed by atoms with van der Waals surface area (Å²) in [7, 11) is 0. The van der Waals surface area contributed by atoms with Crippen molar-refractivity contribution in [1.82, 2.24) is 9.97 Å². The molecule has 0 atom stereocenters. The SMILES string of the molecule is NCCc1nc2ccc(-c3cccc(Cl)c3)cc2[nH]1. The van der Waals surface area contributed by atoms with E-state index in [1.54, 1.807) is 0 Å². The topological polar surface area (TPSA) is 54.7 Å². The third-order valence-corrected chi connectivity index (χ3v) is 3.31. The smallest absolute Gasteiger partial charge is 0.108 e. The van der Waals surface area contributed by atoms with Crippen LogP contribution in [-0.2, 0) is 6.42 Å². The molecule has 0 saturated heterocycles. The van der Waals surface area contributed by atoms with Crippen molar-refractivity contribution in [3.8, 4) is 11.1 Å². The Balaban J connectivity index is 2.05. The monoisotopic (exact) mass is 271 g/mol. The lowest BCUT2D eigenvalue weighted by Gasteiger charge is -2.01. The molecule has 2 aromatic carbocycles. The van der Waals surface area contributed by atoms with E-state index in [4.69, 9.17) is 17.3 Å². The normalized spacial score (nSPS) is 11.1. The number of benzene rings is 2. The Labute approximate surface area is 116 Å². The summed E-state index contributed by atoms with van der Waals surface area (Å²) in [6, 6.07) is 14.0. The fourth-order valence-corrected chi connectivity index (χ4v) is 2.36. The van der Waals surface area contributed by atoms with Gasteiger partial charge in [0.15, 0.2) is 0 Å². The van der Waals surface area contributed by atoms with E-state index in [1.165, 1.54) is 0 Å². The lowest BCUT2D eigenvalue weighted by atomic mass is 10.1. The van der Waals surface area contributed by atoms with Crippen molar-refractivity contribution in [2.24, 2.45) is 5.73 Å². The van der Waals surface area contributed by atoms with E-state index in [0.717, 1.165) is 39.4 Å². The van der Waals surface area contributed by atoms with Gasteiger partial charge in [-0.2, -0.15) is 0 Å². The predicted octanol–water partition coefficient (Wildman–Crippen LogP) is 3.38. The first-order valence-electron chi connectivity index (χ1n) is 6.21. The van der Waals surface area contributed by atoms with E-state index in [-0.39, 0.29) is 0 Å². The second kappa shape index (κ2) is 5.03. The number of nitrogens with one attached hydrogen (secondary N) is 1. The Hall–Kier alpha value is -1.84. The quantitative estimate of drug-likeness (QED) is 0.767. The Morgan fingerprint density at radius 3 is 2.74 bits per heavy atom. The van der Waals surface area contributed by atoms with Gasteiger partial charge in [-0.1, -0.05) is 29.8 Å². The minimum atomic E-state index is 0.598. The van der Waals surface area contributed by atoms with E-state index < -0.39 is 0 Å². The molecule has 0 bridgehead atoms. The molecule has 1 aromatic heterocycles. The maximum atomic E-state index is 6.02. The summed E-state index contributed by atoms with van der Waals surface area (Å²) in [5.41, 5.74) is 9.77. The molecular weight excluding hydrogens is 258 g/mol. The van der Waals surface area contributed by atoms with Gasteiger partial charge in [-0.15, -0.1) is 0 Å². The fraction of sp³-hybridized carbons (Fsp3) is 0.133. The zero-order valence-electron chi connectivity index (χ0n) is 10.4. The van der Waals surface area contributed by atoms with Crippen molar-refractivity contribution < 1.29 is 0 Å². The van der Waals surface area contributed by atoms with Gasteiger partial charge in [-0.3, -0.25) is 0 Å². The number of halogens is 1. The van der Waals surface area contributed by atoms with Gasteiger partial charge in [-0.25, -0.2) is 4.98 Å². The highest BCUT2D eigenvalue weighted by Crippen LogP contribution is 2.25. The standard InChI is InChI=1S/C15H14ClN3/c16-12-3-1-2-10(8-12)11-4-5-13-14(9-11)19-15(18-13)6-7-17/h1-5,8-9H,6-7,17H2,(H,18,19). The second-order valence-corrected chi connectivity index (χ2v) is 4.90. The molecule has 0 spiro atoms. The number of imidazole rings is 1. The molecule has 0 aliphatic rings. The molecule has 0 radical (unpaired) electrons. The molecule has 3 N–H and O–H groups in total. The average Bonchev–Trinajstić information content (AvgIpc) is 2.80. The molecule has 3 nitrogen and oxygen atoms in total. The summed E-state index contributed by atoms with van der Waals surface area (Å²) in [4.78, 5) is 7.79. The zero-order valence-corrected chi connectivity index (χ0v) is 11.1. The molecule has 19 heavy (non-hydrogen) atoms. The van der Waals surface area contributed by atoms with E-state index in [9.17, 15) is 0 Å². The number of hydrogen-bond acceptors (Lipinski definition) is 2. The van der Waals surface area contributed by atoms with E-state index in [2.05, 4.69) is 22.1 Å². The first kappa shape index (κ1) is 12.2. The van der Waals surface area contributed by atoms with Crippen LogP contribution in [0.3, 0.4) is 0 Å². The van der Waals surface area contributed by atoms with Gasteiger partial charge in [0.1, 0.15) is 5.82 Å². The van der Waals surface area contributed by atoms with Gasteiger partial charge >= 0.3 is 0 Å². The summed E-state index contributed by atoms with van der Waals surface area (Å²) < 4.78 is 0. The first-order chi connectivity index (χ1) is 9.26. The highest BCUT2D eigenvalue weighted by atomic mass is 35.5. The lowest BCUT2D eigenvalue weighted by Crippen LogP contribution is -2.03. The molecule has 3 aromatic rings. The molecular formula is C15H14ClN3. The largest absolute Gasteiger partial charge is 0.342 e. The molecule has 1 heterocycles. The van der Waals surface area contributed by atoms with Crippen LogP contribution >= 0.6 is 11.6 Å². The van der Waals surface area contributed by atoms with Crippen molar-refractivity contribution in [1.29, 1.82) is 0 Å². The van der Waals surface area contributed by atoms with Crippen molar-refractivity contribution in [3.05, 3.63) is 53.3 Å². The molecule has 0 aliphatic heterocycles. The zero-order chi connectivity index (χ0) is 13.2. The summed E-state index contributed by atoms with van der Waals surface area (Å²) in [6.07, 6.45) is 0.765. The average molecular weight is 272 g/mol. The Kier molecular flexibility index (Phi) is 3.23. The molecule has 0 aliphatic carbocycles. The molecule has 0 saturated carbocycles. The minimum Gasteiger partial charge on any atom is -0.342 e. The molecule has 0 amide bonds. The van der Waals surface area contributed by atoms with Gasteiger partial charge < -0.3 is 10.7 Å². The number of hydrogen-bond donors (Lipinski definition) is 2. The molecule has 0 fully saturated rings. The van der Waals surface area contributed by atoms with Crippen molar-refractivity contribution >= 4 is 22.6 Å². The van der Waals surface area contributed by atoms with Crippen molar-refractivity contribution in [3.63, 3.8) is 0 Å². The number of aromatic nitrogens is 2. The van der Waals surface area contributed by atoms with Crippen LogP contribution in [0, 0.1) is 0 Å². The Bertz CT molecular complexity index is 718. The maximum absolute atomic E-state index is 6.02. The highest BCUT2D eigenvalue weighted by molar-refractivity contribution is 6.30. The molecule has 96 valence electrons. The predicted molar refractivity (Wildman–Crippen MR) is 79.3 cm³/mol. The number of nitrogens with two attached hydrogens (primary N) is 1. The fourth-order valence-electron chi connectivity index (χ4n) is 2.17. The van der Waals surface area contributed by atoms with Crippen LogP contribution in [0.15, 0.2) is 42.5 Å². The van der Waals surface area contributed by atoms with Crippen molar-refractivity contribution in [2.75, 3.05) is 6.54 Å². The summed E-state index contributed by atoms with van der Waals surface area (Å²) in [6.45, 7) is 0.598. The van der Waals surface area contributed by atoms with E-state index in [0.29, 0.717) is 6.54 Å². The van der Waals surface area contributed by atoms with Gasteiger partial charge in [0, 0.05) is 11.4 Å². The van der Waals surface area contributed by atoms with Crippen LogP contribution in [0.5, 0.6) is 0 Å². The first-order valence-corrected chi connectivity index (χ1v) is 6.59. The molecule has 4 heteroatoms. The maximum Gasteiger partial charge on any atom is 0.108 e. The summed E-state index contributed by atoms with van der Waals surface area (Å²) in [5, 5.41) is 0.742. The van der Waals surface area contributed by atoms with Crippen LogP contribution < -0.4 is 5.73 Å². The van der Waals surface area contributed by atoms with Gasteiger partial charge in [-0.05, 0) is 41.9 Å². The van der Waals surface area contributed by atoms with E-state index in [1.807, 2.05) is 30.3 Å². The molecule has 3 rings (SSSR count). The lowest BCUT2D eigenvalue weighted by molar-refractivity contribution is 0.900. The number of rotatable bonds is 3. The minimum absolute atomic E-state index is 0.598. The Morgan fingerprint density at radius 1 is 1.11 bits per heavy atom. The van der Waals surface area contributed by atoms with E-state index >= 15 is 0 Å². The van der Waals surface area contributed by atoms with Gasteiger partial charge in [0.2, 0.25) is 0 Å². The van der Waals surface area contributed by atoms with Crippen LogP contribution in [-0.4, -0.2) is 16.5 Å². The van der Waals surface area contributed by atoms with Gasteiger partial charge in [0.25, 0.3) is 0 Å². The number of H-pyrrole nitrogens is 1. The number of nitrogens with zero attached hydrogens (tertiary/aromatic N) is 1. The van der Waals surface area contributed by atoms with Crippen LogP contribution in [0.4, 0.5) is 0 Å². The summed E-state index contributed by atoms with van der Waals surface area (Å²) >= 11 is 6.02. The second-order valence-electron chi connectivity index (χ2n) is 4.46.